The Morgan fingerprint density at radius 3 is 3.18 bits per heavy atom. The van der Waals surface area contributed by atoms with Crippen molar-refractivity contribution in [2.24, 2.45) is 0 Å². The van der Waals surface area contributed by atoms with Gasteiger partial charge in [0.05, 0.1) is 0 Å². The first-order valence-corrected chi connectivity index (χ1v) is 8.34. The Morgan fingerprint density at radius 1 is 1.59 bits per heavy atom. The summed E-state index contributed by atoms with van der Waals surface area (Å²) in [6, 6.07) is 3.46. The molecule has 2 heterocycles. The van der Waals surface area contributed by atoms with Crippen molar-refractivity contribution in [3.05, 3.63) is 28.5 Å². The molecule has 1 atom stereocenters. The van der Waals surface area contributed by atoms with E-state index in [2.05, 4.69) is 26.2 Å². The Labute approximate surface area is 118 Å². The molecule has 1 N–H and O–H groups in total. The normalized spacial score (nSPS) is 19.9. The molecule has 0 bridgehead atoms. The standard InChI is InChI=1S/C11H13BrN2OS2/c12-10-5-8(1-2-13-10)11(15)14-6-9-7-16-3-4-17-9/h1-2,5,9H,3-4,6-7H2,(H,14,15). The van der Waals surface area contributed by atoms with E-state index in [1.807, 2.05) is 23.5 Å². The van der Waals surface area contributed by atoms with Crippen molar-refractivity contribution in [1.29, 1.82) is 0 Å². The third kappa shape index (κ3) is 4.19. The van der Waals surface area contributed by atoms with Gasteiger partial charge in [0.1, 0.15) is 4.60 Å². The van der Waals surface area contributed by atoms with Crippen LogP contribution in [0.25, 0.3) is 0 Å². The molecule has 6 heteroatoms. The zero-order chi connectivity index (χ0) is 12.1. The number of halogens is 1. The van der Waals surface area contributed by atoms with E-state index in [9.17, 15) is 4.79 Å². The molecule has 2 rings (SSSR count). The van der Waals surface area contributed by atoms with Crippen LogP contribution in [0.3, 0.4) is 0 Å². The van der Waals surface area contributed by atoms with Gasteiger partial charge in [-0.25, -0.2) is 4.98 Å². The Morgan fingerprint density at radius 2 is 2.47 bits per heavy atom. The summed E-state index contributed by atoms with van der Waals surface area (Å²) in [5.41, 5.74) is 0.653. The van der Waals surface area contributed by atoms with Crippen LogP contribution in [0.15, 0.2) is 22.9 Å². The first-order valence-electron chi connectivity index (χ1n) is 5.35. The number of amides is 1. The second-order valence-electron chi connectivity index (χ2n) is 3.64. The van der Waals surface area contributed by atoms with Crippen molar-refractivity contribution in [3.8, 4) is 0 Å². The van der Waals surface area contributed by atoms with Gasteiger partial charge in [-0.05, 0) is 28.1 Å². The van der Waals surface area contributed by atoms with Gasteiger partial charge in [-0.1, -0.05) is 0 Å². The fourth-order valence-corrected chi connectivity index (χ4v) is 4.48. The lowest BCUT2D eigenvalue weighted by Crippen LogP contribution is -2.33. The van der Waals surface area contributed by atoms with Gasteiger partial charge in [0.2, 0.25) is 0 Å². The topological polar surface area (TPSA) is 42.0 Å². The number of nitrogens with zero attached hydrogens (tertiary/aromatic N) is 1. The molecule has 3 nitrogen and oxygen atoms in total. The minimum atomic E-state index is -0.0238. The van der Waals surface area contributed by atoms with Crippen LogP contribution in [0.4, 0.5) is 0 Å². The zero-order valence-electron chi connectivity index (χ0n) is 9.19. The van der Waals surface area contributed by atoms with Crippen LogP contribution < -0.4 is 5.32 Å². The highest BCUT2D eigenvalue weighted by Gasteiger charge is 2.15. The predicted octanol–water partition coefficient (Wildman–Crippen LogP) is 2.42. The fourth-order valence-electron chi connectivity index (χ4n) is 1.51. The minimum absolute atomic E-state index is 0.0238. The van der Waals surface area contributed by atoms with Gasteiger partial charge in [0.25, 0.3) is 5.91 Å². The largest absolute Gasteiger partial charge is 0.351 e. The van der Waals surface area contributed by atoms with Crippen molar-refractivity contribution in [2.75, 3.05) is 23.8 Å². The molecule has 92 valence electrons. The summed E-state index contributed by atoms with van der Waals surface area (Å²) >= 11 is 7.17. The van der Waals surface area contributed by atoms with Crippen molar-refractivity contribution in [3.63, 3.8) is 0 Å². The summed E-state index contributed by atoms with van der Waals surface area (Å²) in [5.74, 6) is 3.52. The number of nitrogens with one attached hydrogen (secondary N) is 1. The van der Waals surface area contributed by atoms with Crippen LogP contribution in [0.5, 0.6) is 0 Å². The highest BCUT2D eigenvalue weighted by molar-refractivity contribution is 9.10. The number of hydrogen-bond acceptors (Lipinski definition) is 4. The molecule has 1 aliphatic heterocycles. The number of rotatable bonds is 3. The SMILES string of the molecule is O=C(NCC1CSCCS1)c1ccnc(Br)c1. The Kier molecular flexibility index (Phi) is 5.18. The second-order valence-corrected chi connectivity index (χ2v) is 7.02. The smallest absolute Gasteiger partial charge is 0.251 e. The van der Waals surface area contributed by atoms with Crippen LogP contribution >= 0.6 is 39.5 Å². The number of hydrogen-bond donors (Lipinski definition) is 1. The average Bonchev–Trinajstić information content (AvgIpc) is 2.37. The van der Waals surface area contributed by atoms with Crippen molar-refractivity contribution >= 4 is 45.4 Å². The lowest BCUT2D eigenvalue weighted by molar-refractivity contribution is 0.0954. The molecule has 1 aliphatic rings. The molecule has 1 amide bonds. The van der Waals surface area contributed by atoms with Gasteiger partial charge in [-0.3, -0.25) is 4.79 Å². The van der Waals surface area contributed by atoms with E-state index in [4.69, 9.17) is 0 Å². The van der Waals surface area contributed by atoms with Gasteiger partial charge in [0, 0.05) is 40.8 Å². The Bertz CT molecular complexity index is 397. The minimum Gasteiger partial charge on any atom is -0.351 e. The second kappa shape index (κ2) is 6.66. The lowest BCUT2D eigenvalue weighted by Gasteiger charge is -2.21. The molecule has 1 aromatic rings. The van der Waals surface area contributed by atoms with Crippen LogP contribution in [0.1, 0.15) is 10.4 Å². The van der Waals surface area contributed by atoms with E-state index in [0.29, 0.717) is 15.4 Å². The summed E-state index contributed by atoms with van der Waals surface area (Å²) in [6.45, 7) is 0.746. The first-order chi connectivity index (χ1) is 8.25. The molecule has 1 saturated heterocycles. The summed E-state index contributed by atoms with van der Waals surface area (Å²) in [7, 11) is 0. The van der Waals surface area contributed by atoms with Crippen LogP contribution in [0.2, 0.25) is 0 Å². The predicted molar refractivity (Wildman–Crippen MR) is 77.8 cm³/mol. The van der Waals surface area contributed by atoms with E-state index in [1.165, 1.54) is 11.5 Å². The quantitative estimate of drug-likeness (QED) is 0.863. The first kappa shape index (κ1) is 13.2. The summed E-state index contributed by atoms with van der Waals surface area (Å²) in [4.78, 5) is 15.9. The van der Waals surface area contributed by atoms with Gasteiger partial charge in [0.15, 0.2) is 0 Å². The molecule has 0 spiro atoms. The van der Waals surface area contributed by atoms with E-state index in [1.54, 1.807) is 18.3 Å². The van der Waals surface area contributed by atoms with Crippen molar-refractivity contribution in [2.45, 2.75) is 5.25 Å². The van der Waals surface area contributed by atoms with Crippen LogP contribution in [-0.4, -0.2) is 39.9 Å². The molecular formula is C11H13BrN2OS2. The molecule has 1 aromatic heterocycles. The highest BCUT2D eigenvalue weighted by Crippen LogP contribution is 2.23. The Balaban J connectivity index is 1.84. The van der Waals surface area contributed by atoms with E-state index in [-0.39, 0.29) is 5.91 Å². The maximum absolute atomic E-state index is 11.9. The molecule has 17 heavy (non-hydrogen) atoms. The highest BCUT2D eigenvalue weighted by atomic mass is 79.9. The van der Waals surface area contributed by atoms with E-state index < -0.39 is 0 Å². The number of carbonyl (C=O) groups is 1. The molecule has 1 fully saturated rings. The van der Waals surface area contributed by atoms with Gasteiger partial charge >= 0.3 is 0 Å². The van der Waals surface area contributed by atoms with Crippen LogP contribution in [-0.2, 0) is 0 Å². The number of carbonyl (C=O) groups excluding carboxylic acids is 1. The number of aromatic nitrogens is 1. The summed E-state index contributed by atoms with van der Waals surface area (Å²) in [5, 5.41) is 3.52. The van der Waals surface area contributed by atoms with Crippen molar-refractivity contribution < 1.29 is 4.79 Å². The molecule has 0 radical (unpaired) electrons. The average molecular weight is 333 g/mol. The lowest BCUT2D eigenvalue weighted by atomic mass is 10.2. The third-order valence-corrected chi connectivity index (χ3v) is 5.64. The van der Waals surface area contributed by atoms with Crippen LogP contribution in [0, 0.1) is 0 Å². The molecule has 1 unspecified atom stereocenters. The van der Waals surface area contributed by atoms with E-state index >= 15 is 0 Å². The molecule has 0 aliphatic carbocycles. The Hall–Kier alpha value is -0.200. The molecule has 0 aromatic carbocycles. The van der Waals surface area contributed by atoms with Gasteiger partial charge in [-0.2, -0.15) is 23.5 Å². The zero-order valence-corrected chi connectivity index (χ0v) is 12.4. The molecular weight excluding hydrogens is 320 g/mol. The summed E-state index contributed by atoms with van der Waals surface area (Å²) in [6.07, 6.45) is 1.63. The number of pyridine rings is 1. The monoisotopic (exact) mass is 332 g/mol. The molecule has 0 saturated carbocycles. The van der Waals surface area contributed by atoms with Gasteiger partial charge < -0.3 is 5.32 Å². The maximum atomic E-state index is 11.9. The van der Waals surface area contributed by atoms with Crippen molar-refractivity contribution in [1.82, 2.24) is 10.3 Å². The third-order valence-electron chi connectivity index (χ3n) is 2.36. The van der Waals surface area contributed by atoms with Gasteiger partial charge in [-0.15, -0.1) is 0 Å². The fraction of sp³-hybridized carbons (Fsp3) is 0.455. The summed E-state index contributed by atoms with van der Waals surface area (Å²) < 4.78 is 0.688. The number of thioether (sulfide) groups is 2. The maximum Gasteiger partial charge on any atom is 0.251 e. The van der Waals surface area contributed by atoms with E-state index in [0.717, 1.165) is 12.3 Å².